The molecule has 0 saturated heterocycles. The molecule has 0 fully saturated rings. The number of halogens is 2. The Bertz CT molecular complexity index is 542. The van der Waals surface area contributed by atoms with Gasteiger partial charge in [-0.05, 0) is 19.1 Å². The van der Waals surface area contributed by atoms with E-state index in [0.717, 1.165) is 18.2 Å². The van der Waals surface area contributed by atoms with Crippen molar-refractivity contribution >= 4 is 25.7 Å². The van der Waals surface area contributed by atoms with Crippen LogP contribution in [0.2, 0.25) is 0 Å². The third kappa shape index (κ3) is 3.57. The average molecular weight is 283 g/mol. The van der Waals surface area contributed by atoms with Crippen molar-refractivity contribution in [1.29, 1.82) is 0 Å². The molecule has 17 heavy (non-hydrogen) atoms. The number of carboxylic acid groups (broad SMARTS) is 1. The molecule has 8 heteroatoms. The summed E-state index contributed by atoms with van der Waals surface area (Å²) in [6, 6.07) is 2.79. The maximum Gasteiger partial charge on any atom is 0.344 e. The van der Waals surface area contributed by atoms with Gasteiger partial charge in [0.25, 0.3) is 9.05 Å². The van der Waals surface area contributed by atoms with E-state index in [0.29, 0.717) is 0 Å². The fraction of sp³-hybridized carbons (Fsp3) is 0.222. The lowest BCUT2D eigenvalue weighted by molar-refractivity contribution is -0.144. The SMILES string of the molecule is CC(Oc1ccc(S(=O)(=O)Cl)c(F)c1)C(=O)O. The summed E-state index contributed by atoms with van der Waals surface area (Å²) in [6.45, 7) is 1.26. The lowest BCUT2D eigenvalue weighted by atomic mass is 10.3. The van der Waals surface area contributed by atoms with Crippen LogP contribution >= 0.6 is 10.7 Å². The molecule has 1 unspecified atom stereocenters. The topological polar surface area (TPSA) is 80.7 Å². The number of carbonyl (C=O) groups is 1. The van der Waals surface area contributed by atoms with Crippen molar-refractivity contribution < 1.29 is 27.4 Å². The average Bonchev–Trinajstić information content (AvgIpc) is 2.15. The van der Waals surface area contributed by atoms with Gasteiger partial charge in [0.15, 0.2) is 6.10 Å². The van der Waals surface area contributed by atoms with Crippen molar-refractivity contribution in [3.8, 4) is 5.75 Å². The molecule has 0 radical (unpaired) electrons. The smallest absolute Gasteiger partial charge is 0.344 e. The summed E-state index contributed by atoms with van der Waals surface area (Å²) in [6.07, 6.45) is -1.17. The minimum absolute atomic E-state index is 0.0959. The van der Waals surface area contributed by atoms with Gasteiger partial charge in [-0.2, -0.15) is 0 Å². The molecule has 0 spiro atoms. The van der Waals surface area contributed by atoms with E-state index in [-0.39, 0.29) is 5.75 Å². The van der Waals surface area contributed by atoms with Crippen LogP contribution in [-0.2, 0) is 13.8 Å². The van der Waals surface area contributed by atoms with E-state index < -0.39 is 31.8 Å². The molecular weight excluding hydrogens is 275 g/mol. The van der Waals surface area contributed by atoms with Gasteiger partial charge < -0.3 is 9.84 Å². The molecule has 0 aromatic heterocycles. The summed E-state index contributed by atoms with van der Waals surface area (Å²) < 4.78 is 39.9. The van der Waals surface area contributed by atoms with Gasteiger partial charge in [0, 0.05) is 16.7 Å². The Kier molecular flexibility index (Phi) is 3.94. The maximum atomic E-state index is 13.3. The molecule has 1 atom stereocenters. The molecule has 0 aliphatic carbocycles. The van der Waals surface area contributed by atoms with E-state index in [4.69, 9.17) is 20.5 Å². The molecule has 0 aliphatic rings. The van der Waals surface area contributed by atoms with E-state index in [9.17, 15) is 17.6 Å². The molecule has 0 bridgehead atoms. The van der Waals surface area contributed by atoms with Gasteiger partial charge in [-0.25, -0.2) is 17.6 Å². The molecule has 0 saturated carbocycles. The Morgan fingerprint density at radius 1 is 1.53 bits per heavy atom. The highest BCUT2D eigenvalue weighted by Gasteiger charge is 2.18. The van der Waals surface area contributed by atoms with Crippen molar-refractivity contribution in [2.24, 2.45) is 0 Å². The van der Waals surface area contributed by atoms with Gasteiger partial charge in [0.2, 0.25) is 0 Å². The van der Waals surface area contributed by atoms with Crippen molar-refractivity contribution in [3.63, 3.8) is 0 Å². The third-order valence-corrected chi connectivity index (χ3v) is 3.18. The Morgan fingerprint density at radius 2 is 2.12 bits per heavy atom. The number of ether oxygens (including phenoxy) is 1. The molecule has 0 heterocycles. The van der Waals surface area contributed by atoms with Crippen LogP contribution in [-0.4, -0.2) is 25.6 Å². The molecule has 1 aromatic rings. The second-order valence-electron chi connectivity index (χ2n) is 3.13. The number of aliphatic carboxylic acids is 1. The van der Waals surface area contributed by atoms with Crippen LogP contribution in [0.25, 0.3) is 0 Å². The van der Waals surface area contributed by atoms with Gasteiger partial charge in [-0.15, -0.1) is 0 Å². The highest BCUT2D eigenvalue weighted by Crippen LogP contribution is 2.23. The fourth-order valence-electron chi connectivity index (χ4n) is 1.01. The first kappa shape index (κ1) is 13.7. The largest absolute Gasteiger partial charge is 0.479 e. The van der Waals surface area contributed by atoms with Crippen molar-refractivity contribution in [2.75, 3.05) is 0 Å². The van der Waals surface area contributed by atoms with Gasteiger partial charge in [0.1, 0.15) is 16.5 Å². The Labute approximate surface area is 101 Å². The van der Waals surface area contributed by atoms with Gasteiger partial charge in [0.05, 0.1) is 0 Å². The number of carboxylic acids is 1. The van der Waals surface area contributed by atoms with Crippen molar-refractivity contribution in [3.05, 3.63) is 24.0 Å². The first-order chi connectivity index (χ1) is 7.71. The zero-order valence-electron chi connectivity index (χ0n) is 8.55. The first-order valence-corrected chi connectivity index (χ1v) is 6.66. The molecule has 0 aliphatic heterocycles. The molecular formula is C9H8ClFO5S. The summed E-state index contributed by atoms with van der Waals surface area (Å²) in [5, 5.41) is 8.56. The quantitative estimate of drug-likeness (QED) is 0.849. The Balaban J connectivity index is 3.02. The first-order valence-electron chi connectivity index (χ1n) is 4.35. The highest BCUT2D eigenvalue weighted by atomic mass is 35.7. The zero-order chi connectivity index (χ0) is 13.2. The molecule has 1 aromatic carbocycles. The van der Waals surface area contributed by atoms with E-state index >= 15 is 0 Å². The summed E-state index contributed by atoms with van der Waals surface area (Å²) in [5.74, 6) is -2.42. The lowest BCUT2D eigenvalue weighted by Crippen LogP contribution is -2.22. The number of benzene rings is 1. The third-order valence-electron chi connectivity index (χ3n) is 1.83. The minimum atomic E-state index is -4.17. The van der Waals surface area contributed by atoms with Crippen LogP contribution in [0.4, 0.5) is 4.39 Å². The summed E-state index contributed by atoms with van der Waals surface area (Å²) in [4.78, 5) is 9.79. The maximum absolute atomic E-state index is 13.3. The predicted octanol–water partition coefficient (Wildman–Crippen LogP) is 1.61. The molecule has 94 valence electrons. The van der Waals surface area contributed by atoms with Gasteiger partial charge in [-0.3, -0.25) is 0 Å². The van der Waals surface area contributed by atoms with Crippen LogP contribution in [0.5, 0.6) is 5.75 Å². The summed E-state index contributed by atoms with van der Waals surface area (Å²) >= 11 is 0. The van der Waals surface area contributed by atoms with Crippen LogP contribution in [0.1, 0.15) is 6.92 Å². The van der Waals surface area contributed by atoms with E-state index in [2.05, 4.69) is 0 Å². The van der Waals surface area contributed by atoms with E-state index in [1.54, 1.807) is 0 Å². The number of hydrogen-bond acceptors (Lipinski definition) is 4. The van der Waals surface area contributed by atoms with E-state index in [1.807, 2.05) is 0 Å². The normalized spacial score (nSPS) is 13.1. The van der Waals surface area contributed by atoms with Crippen LogP contribution in [0, 0.1) is 5.82 Å². The Morgan fingerprint density at radius 3 is 2.53 bits per heavy atom. The lowest BCUT2D eigenvalue weighted by Gasteiger charge is -2.10. The van der Waals surface area contributed by atoms with Gasteiger partial charge in [-0.1, -0.05) is 0 Å². The number of hydrogen-bond donors (Lipinski definition) is 1. The molecule has 5 nitrogen and oxygen atoms in total. The molecule has 0 amide bonds. The highest BCUT2D eigenvalue weighted by molar-refractivity contribution is 8.13. The molecule has 1 rings (SSSR count). The second-order valence-corrected chi connectivity index (χ2v) is 5.66. The molecule has 1 N–H and O–H groups in total. The van der Waals surface area contributed by atoms with Crippen LogP contribution in [0.3, 0.4) is 0 Å². The standard InChI is InChI=1S/C9H8ClFO5S/c1-5(9(12)13)16-6-2-3-8(7(11)4-6)17(10,14)15/h2-5H,1H3,(H,12,13). The van der Waals surface area contributed by atoms with Crippen molar-refractivity contribution in [2.45, 2.75) is 17.9 Å². The second kappa shape index (κ2) is 4.89. The minimum Gasteiger partial charge on any atom is -0.479 e. The zero-order valence-corrected chi connectivity index (χ0v) is 10.1. The van der Waals surface area contributed by atoms with Gasteiger partial charge >= 0.3 is 5.97 Å². The van der Waals surface area contributed by atoms with E-state index in [1.165, 1.54) is 6.92 Å². The van der Waals surface area contributed by atoms with Crippen LogP contribution < -0.4 is 4.74 Å². The van der Waals surface area contributed by atoms with Crippen LogP contribution in [0.15, 0.2) is 23.1 Å². The summed E-state index contributed by atoms with van der Waals surface area (Å²) in [5.41, 5.74) is 0. The van der Waals surface area contributed by atoms with Crippen molar-refractivity contribution in [1.82, 2.24) is 0 Å². The predicted molar refractivity (Wildman–Crippen MR) is 57.2 cm³/mol. The monoisotopic (exact) mass is 282 g/mol. The fourth-order valence-corrected chi connectivity index (χ4v) is 1.90. The number of rotatable bonds is 4. The Hall–Kier alpha value is -1.34. The summed E-state index contributed by atoms with van der Waals surface area (Å²) in [7, 11) is 0.800.